The number of carbonyl (C=O) groups is 3. The second kappa shape index (κ2) is 9.69. The Labute approximate surface area is 141 Å². The molecule has 24 heavy (non-hydrogen) atoms. The number of aromatic nitrogens is 2. The smallest absolute Gasteiger partial charge is 0.306 e. The van der Waals surface area contributed by atoms with Gasteiger partial charge in [-0.05, 0) is 25.7 Å². The zero-order valence-corrected chi connectivity index (χ0v) is 14.1. The Bertz CT molecular complexity index is 558. The van der Waals surface area contributed by atoms with Gasteiger partial charge in [-0.2, -0.15) is 0 Å². The van der Waals surface area contributed by atoms with E-state index in [0.29, 0.717) is 25.8 Å². The summed E-state index contributed by atoms with van der Waals surface area (Å²) < 4.78 is 1.98. The van der Waals surface area contributed by atoms with Gasteiger partial charge in [0.2, 0.25) is 5.91 Å². The van der Waals surface area contributed by atoms with Crippen LogP contribution in [0.3, 0.4) is 0 Å². The Kier molecular flexibility index (Phi) is 7.94. The first kappa shape index (κ1) is 19.7. The van der Waals surface area contributed by atoms with Crippen molar-refractivity contribution in [3.63, 3.8) is 0 Å². The van der Waals surface area contributed by atoms with E-state index >= 15 is 0 Å². The minimum atomic E-state index is -0.775. The van der Waals surface area contributed by atoms with E-state index in [0.717, 1.165) is 18.7 Å². The minimum absolute atomic E-state index is 0.0820. The summed E-state index contributed by atoms with van der Waals surface area (Å²) in [6.07, 6.45) is 7.18. The van der Waals surface area contributed by atoms with Crippen LogP contribution >= 0.6 is 0 Å². The minimum Gasteiger partial charge on any atom is -0.483 e. The third kappa shape index (κ3) is 5.68. The molecule has 0 aromatic carbocycles. The molecule has 1 heterocycles. The Balaban J connectivity index is 0.000000891. The summed E-state index contributed by atoms with van der Waals surface area (Å²) in [4.78, 5) is 37.6. The van der Waals surface area contributed by atoms with Gasteiger partial charge in [-0.1, -0.05) is 0 Å². The molecule has 1 saturated carbocycles. The molecular weight excluding hydrogens is 314 g/mol. The molecule has 1 fully saturated rings. The molecular formula is C16H25N3O5. The van der Waals surface area contributed by atoms with Crippen LogP contribution in [0, 0.1) is 11.8 Å². The van der Waals surface area contributed by atoms with Gasteiger partial charge in [0.1, 0.15) is 5.82 Å². The lowest BCUT2D eigenvalue weighted by Crippen LogP contribution is -2.33. The Morgan fingerprint density at radius 1 is 1.42 bits per heavy atom. The van der Waals surface area contributed by atoms with E-state index in [1.165, 1.54) is 0 Å². The van der Waals surface area contributed by atoms with Crippen LogP contribution in [0.25, 0.3) is 0 Å². The van der Waals surface area contributed by atoms with Crippen LogP contribution in [0.5, 0.6) is 0 Å². The summed E-state index contributed by atoms with van der Waals surface area (Å²) in [6.45, 7) is 0.430. The first-order valence-corrected chi connectivity index (χ1v) is 7.92. The first-order chi connectivity index (χ1) is 11.4. The van der Waals surface area contributed by atoms with Crippen molar-refractivity contribution in [3.8, 4) is 0 Å². The van der Waals surface area contributed by atoms with Crippen LogP contribution in [-0.2, 0) is 27.9 Å². The molecule has 0 saturated heterocycles. The first-order valence-electron chi connectivity index (χ1n) is 7.92. The lowest BCUT2D eigenvalue weighted by Gasteiger charge is -2.21. The highest BCUT2D eigenvalue weighted by Crippen LogP contribution is 2.32. The number of imidazole rings is 1. The van der Waals surface area contributed by atoms with Crippen molar-refractivity contribution in [2.24, 2.45) is 18.9 Å². The number of hydrogen-bond acceptors (Lipinski definition) is 4. The normalized spacial score (nSPS) is 19.2. The molecule has 2 atom stereocenters. The molecule has 0 radical (unpaired) electrons. The van der Waals surface area contributed by atoms with Crippen LogP contribution in [0.1, 0.15) is 31.5 Å². The SMILES string of the molecule is CN(CCCc1nccn1C)C(=O)[C@H]1CC[C@@H](C(=O)O)C1.O=CO. The molecule has 2 N–H and O–H groups in total. The molecule has 1 aromatic heterocycles. The van der Waals surface area contributed by atoms with Crippen molar-refractivity contribution in [1.82, 2.24) is 14.5 Å². The van der Waals surface area contributed by atoms with Gasteiger partial charge in [-0.15, -0.1) is 0 Å². The van der Waals surface area contributed by atoms with Crippen molar-refractivity contribution >= 4 is 18.3 Å². The summed E-state index contributed by atoms with van der Waals surface area (Å²) >= 11 is 0. The van der Waals surface area contributed by atoms with Gasteiger partial charge in [0, 0.05) is 45.4 Å². The molecule has 8 nitrogen and oxygen atoms in total. The standard InChI is InChI=1S/C15H23N3O3.CH2O2/c1-17-9-7-16-13(17)4-3-8-18(2)14(19)11-5-6-12(10-11)15(20)21;2-1-3/h7,9,11-12H,3-6,8,10H2,1-2H3,(H,20,21);1H,(H,2,3)/t11-,12+;/m0./s1. The zero-order valence-electron chi connectivity index (χ0n) is 14.1. The van der Waals surface area contributed by atoms with E-state index in [1.54, 1.807) is 18.1 Å². The van der Waals surface area contributed by atoms with E-state index in [2.05, 4.69) is 4.98 Å². The molecule has 0 unspecified atom stereocenters. The maximum atomic E-state index is 12.3. The number of carboxylic acids is 1. The topological polar surface area (TPSA) is 113 Å². The van der Waals surface area contributed by atoms with Crippen LogP contribution in [-0.4, -0.2) is 56.6 Å². The molecule has 134 valence electrons. The van der Waals surface area contributed by atoms with E-state index in [9.17, 15) is 9.59 Å². The quantitative estimate of drug-likeness (QED) is 0.748. The number of aliphatic carboxylic acids is 1. The molecule has 1 amide bonds. The third-order valence-electron chi connectivity index (χ3n) is 4.32. The van der Waals surface area contributed by atoms with Crippen molar-refractivity contribution in [2.45, 2.75) is 32.1 Å². The highest BCUT2D eigenvalue weighted by Gasteiger charge is 2.34. The number of aryl methyl sites for hydroxylation is 2. The summed E-state index contributed by atoms with van der Waals surface area (Å²) in [7, 11) is 3.76. The molecule has 1 aliphatic carbocycles. The number of carbonyl (C=O) groups excluding carboxylic acids is 1. The van der Waals surface area contributed by atoms with Gasteiger partial charge in [0.15, 0.2) is 0 Å². The number of hydrogen-bond donors (Lipinski definition) is 2. The maximum absolute atomic E-state index is 12.3. The highest BCUT2D eigenvalue weighted by molar-refractivity contribution is 5.80. The number of carboxylic acid groups (broad SMARTS) is 2. The van der Waals surface area contributed by atoms with Gasteiger partial charge in [-0.25, -0.2) is 4.98 Å². The molecule has 8 heteroatoms. The summed E-state index contributed by atoms with van der Waals surface area (Å²) in [6, 6.07) is 0. The van der Waals surface area contributed by atoms with Crippen molar-refractivity contribution < 1.29 is 24.6 Å². The summed E-state index contributed by atoms with van der Waals surface area (Å²) in [5.74, 6) is -0.145. The fourth-order valence-electron chi connectivity index (χ4n) is 2.96. The van der Waals surface area contributed by atoms with Gasteiger partial charge in [0.25, 0.3) is 6.47 Å². The van der Waals surface area contributed by atoms with Gasteiger partial charge in [-0.3, -0.25) is 14.4 Å². The van der Waals surface area contributed by atoms with Gasteiger partial charge < -0.3 is 19.7 Å². The Morgan fingerprint density at radius 2 is 2.04 bits per heavy atom. The van der Waals surface area contributed by atoms with Crippen LogP contribution < -0.4 is 0 Å². The number of rotatable bonds is 6. The monoisotopic (exact) mass is 339 g/mol. The molecule has 0 bridgehead atoms. The average molecular weight is 339 g/mol. The lowest BCUT2D eigenvalue weighted by atomic mass is 10.0. The lowest BCUT2D eigenvalue weighted by molar-refractivity contribution is -0.141. The molecule has 1 aliphatic rings. The van der Waals surface area contributed by atoms with Crippen LogP contribution in [0.4, 0.5) is 0 Å². The van der Waals surface area contributed by atoms with E-state index in [-0.39, 0.29) is 24.2 Å². The van der Waals surface area contributed by atoms with Crippen molar-refractivity contribution in [3.05, 3.63) is 18.2 Å². The zero-order chi connectivity index (χ0) is 18.1. The van der Waals surface area contributed by atoms with Gasteiger partial charge >= 0.3 is 5.97 Å². The van der Waals surface area contributed by atoms with E-state index in [4.69, 9.17) is 15.0 Å². The average Bonchev–Trinajstić information content (AvgIpc) is 3.17. The van der Waals surface area contributed by atoms with E-state index < -0.39 is 5.97 Å². The van der Waals surface area contributed by atoms with Gasteiger partial charge in [0.05, 0.1) is 5.92 Å². The predicted molar refractivity (Wildman–Crippen MR) is 86.3 cm³/mol. The van der Waals surface area contributed by atoms with Crippen LogP contribution in [0.15, 0.2) is 12.4 Å². The fourth-order valence-corrected chi connectivity index (χ4v) is 2.96. The molecule has 0 spiro atoms. The largest absolute Gasteiger partial charge is 0.483 e. The molecule has 0 aliphatic heterocycles. The highest BCUT2D eigenvalue weighted by atomic mass is 16.4. The number of amides is 1. The van der Waals surface area contributed by atoms with Crippen LogP contribution in [0.2, 0.25) is 0 Å². The second-order valence-corrected chi connectivity index (χ2v) is 5.97. The second-order valence-electron chi connectivity index (χ2n) is 5.97. The van der Waals surface area contributed by atoms with Crippen molar-refractivity contribution in [1.29, 1.82) is 0 Å². The maximum Gasteiger partial charge on any atom is 0.306 e. The summed E-state index contributed by atoms with van der Waals surface area (Å²) in [5.41, 5.74) is 0. The summed E-state index contributed by atoms with van der Waals surface area (Å²) in [5, 5.41) is 15.9. The molecule has 2 rings (SSSR count). The molecule has 1 aromatic rings. The third-order valence-corrected chi connectivity index (χ3v) is 4.32. The van der Waals surface area contributed by atoms with Crippen molar-refractivity contribution in [2.75, 3.05) is 13.6 Å². The Morgan fingerprint density at radius 3 is 2.54 bits per heavy atom. The Hall–Kier alpha value is -2.38. The number of nitrogens with zero attached hydrogens (tertiary/aromatic N) is 3. The van der Waals surface area contributed by atoms with E-state index in [1.807, 2.05) is 17.8 Å². The predicted octanol–water partition coefficient (Wildman–Crippen LogP) is 1.01. The fraction of sp³-hybridized carbons (Fsp3) is 0.625.